The first-order chi connectivity index (χ1) is 16.4. The van der Waals surface area contributed by atoms with Crippen molar-refractivity contribution >= 4 is 38.1 Å². The number of aromatic nitrogens is 1. The summed E-state index contributed by atoms with van der Waals surface area (Å²) in [6, 6.07) is 11.6. The van der Waals surface area contributed by atoms with Crippen LogP contribution in [0.25, 0.3) is 0 Å². The van der Waals surface area contributed by atoms with E-state index in [1.807, 2.05) is 18.2 Å². The lowest BCUT2D eigenvalue weighted by Gasteiger charge is -2.18. The van der Waals surface area contributed by atoms with Crippen molar-refractivity contribution in [1.82, 2.24) is 10.3 Å². The number of amides is 1. The fraction of sp³-hybridized carbons (Fsp3) is 0.304. The summed E-state index contributed by atoms with van der Waals surface area (Å²) >= 11 is 1.20. The number of rotatable bonds is 10. The summed E-state index contributed by atoms with van der Waals surface area (Å²) in [5, 5.41) is 5.33. The highest BCUT2D eigenvalue weighted by Crippen LogP contribution is 2.26. The van der Waals surface area contributed by atoms with Crippen LogP contribution in [0.15, 0.2) is 58.9 Å². The van der Waals surface area contributed by atoms with E-state index in [1.165, 1.54) is 29.7 Å². The third-order valence-corrected chi connectivity index (χ3v) is 7.76. The van der Waals surface area contributed by atoms with Gasteiger partial charge in [0.15, 0.2) is 5.13 Å². The first-order valence-electron chi connectivity index (χ1n) is 10.7. The molecule has 4 rings (SSSR count). The van der Waals surface area contributed by atoms with Gasteiger partial charge in [0.25, 0.3) is 10.0 Å². The lowest BCUT2D eigenvalue weighted by Crippen LogP contribution is -2.39. The van der Waals surface area contributed by atoms with Crippen molar-refractivity contribution in [1.29, 1.82) is 0 Å². The van der Waals surface area contributed by atoms with Gasteiger partial charge in [0.2, 0.25) is 5.91 Å². The van der Waals surface area contributed by atoms with E-state index in [1.54, 1.807) is 36.6 Å². The number of nitrogens with zero attached hydrogens (tertiary/aromatic N) is 2. The predicted octanol–water partition coefficient (Wildman–Crippen LogP) is 3.14. The van der Waals surface area contributed by atoms with Crippen molar-refractivity contribution < 1.29 is 24.1 Å². The molecule has 2 heterocycles. The highest BCUT2D eigenvalue weighted by Gasteiger charge is 2.32. The molecule has 1 aliphatic rings. The third kappa shape index (κ3) is 5.32. The normalized spacial score (nSPS) is 16.0. The van der Waals surface area contributed by atoms with Crippen LogP contribution in [-0.4, -0.2) is 52.7 Å². The summed E-state index contributed by atoms with van der Waals surface area (Å²) in [7, 11) is -0.486. The van der Waals surface area contributed by atoms with Gasteiger partial charge in [-0.3, -0.25) is 9.52 Å². The van der Waals surface area contributed by atoms with Crippen LogP contribution in [0.3, 0.4) is 0 Å². The molecule has 0 spiro atoms. The van der Waals surface area contributed by atoms with Crippen LogP contribution >= 0.6 is 11.3 Å². The molecule has 0 aliphatic carbocycles. The number of carbonyl (C=O) groups is 1. The minimum Gasteiger partial charge on any atom is -0.497 e. The number of methoxy groups -OCH3 is 2. The van der Waals surface area contributed by atoms with Gasteiger partial charge in [-0.2, -0.15) is 0 Å². The number of hydrogen-bond donors (Lipinski definition) is 2. The van der Waals surface area contributed by atoms with E-state index < -0.39 is 10.0 Å². The molecule has 1 fully saturated rings. The lowest BCUT2D eigenvalue weighted by molar-refractivity contribution is -0.118. The fourth-order valence-corrected chi connectivity index (χ4v) is 5.63. The van der Waals surface area contributed by atoms with Gasteiger partial charge in [-0.05, 0) is 60.9 Å². The lowest BCUT2D eigenvalue weighted by atomic mass is 10.1. The molecule has 0 saturated carbocycles. The molecule has 9 nitrogen and oxygen atoms in total. The zero-order chi connectivity index (χ0) is 24.1. The van der Waals surface area contributed by atoms with Gasteiger partial charge >= 0.3 is 0 Å². The zero-order valence-electron chi connectivity index (χ0n) is 18.9. The van der Waals surface area contributed by atoms with Crippen molar-refractivity contribution in [3.8, 4) is 11.5 Å². The number of nitrogens with one attached hydrogen (secondary N) is 2. The second kappa shape index (κ2) is 10.4. The number of carbonyl (C=O) groups excluding carboxylic acids is 1. The molecule has 1 unspecified atom stereocenters. The number of ether oxygens (including phenoxy) is 2. The Morgan fingerprint density at radius 3 is 2.65 bits per heavy atom. The molecule has 34 heavy (non-hydrogen) atoms. The van der Waals surface area contributed by atoms with Gasteiger partial charge in [0.05, 0.1) is 25.2 Å². The van der Waals surface area contributed by atoms with Crippen molar-refractivity contribution in [3.05, 3.63) is 59.6 Å². The molecule has 0 radical (unpaired) electrons. The molecule has 1 amide bonds. The van der Waals surface area contributed by atoms with Crippen LogP contribution in [0.5, 0.6) is 11.5 Å². The Kier molecular flexibility index (Phi) is 7.35. The van der Waals surface area contributed by atoms with Crippen LogP contribution in [0.1, 0.15) is 13.4 Å². The van der Waals surface area contributed by atoms with E-state index in [9.17, 15) is 13.2 Å². The van der Waals surface area contributed by atoms with Gasteiger partial charge in [-0.1, -0.05) is 0 Å². The van der Waals surface area contributed by atoms with Crippen molar-refractivity contribution in [2.75, 3.05) is 36.9 Å². The average molecular weight is 505 g/mol. The first-order valence-corrected chi connectivity index (χ1v) is 13.1. The summed E-state index contributed by atoms with van der Waals surface area (Å²) in [5.41, 5.74) is 1.66. The number of thiazole rings is 1. The monoisotopic (exact) mass is 504 g/mol. The quantitative estimate of drug-likeness (QED) is 0.436. The molecule has 1 atom stereocenters. The summed E-state index contributed by atoms with van der Waals surface area (Å²) < 4.78 is 38.2. The number of anilines is 2. The van der Waals surface area contributed by atoms with Gasteiger partial charge < -0.3 is 19.7 Å². The van der Waals surface area contributed by atoms with Crippen LogP contribution in [-0.2, 0) is 21.2 Å². The van der Waals surface area contributed by atoms with E-state index in [4.69, 9.17) is 9.47 Å². The largest absolute Gasteiger partial charge is 0.497 e. The van der Waals surface area contributed by atoms with E-state index >= 15 is 0 Å². The minimum absolute atomic E-state index is 0. The van der Waals surface area contributed by atoms with Crippen LogP contribution < -0.4 is 24.4 Å². The van der Waals surface area contributed by atoms with Gasteiger partial charge in [-0.15, -0.1) is 11.3 Å². The van der Waals surface area contributed by atoms with Gasteiger partial charge in [-0.25, -0.2) is 13.4 Å². The summed E-state index contributed by atoms with van der Waals surface area (Å²) in [4.78, 5) is 18.7. The maximum Gasteiger partial charge on any atom is 0.263 e. The van der Waals surface area contributed by atoms with E-state index in [0.29, 0.717) is 36.8 Å². The molecule has 1 aromatic heterocycles. The van der Waals surface area contributed by atoms with Crippen molar-refractivity contribution in [2.24, 2.45) is 0 Å². The first kappa shape index (κ1) is 24.0. The summed E-state index contributed by atoms with van der Waals surface area (Å²) in [5.74, 6) is 1.50. The SMILES string of the molecule is COc1ccc(OC)c(CCNC2CCN(c3ccc(S(=O)(=O)Nc4nccs4)cc3)C2=O)c1.[HH]. The Morgan fingerprint density at radius 2 is 1.97 bits per heavy atom. The van der Waals surface area contributed by atoms with Crippen molar-refractivity contribution in [3.63, 3.8) is 0 Å². The van der Waals surface area contributed by atoms with Crippen molar-refractivity contribution in [2.45, 2.75) is 23.8 Å². The fourth-order valence-electron chi connectivity index (χ4n) is 3.84. The Hall–Kier alpha value is -3.15. The molecule has 182 valence electrons. The zero-order valence-corrected chi connectivity index (χ0v) is 20.5. The summed E-state index contributed by atoms with van der Waals surface area (Å²) in [6.45, 7) is 1.16. The number of benzene rings is 2. The number of sulfonamides is 1. The smallest absolute Gasteiger partial charge is 0.263 e. The van der Waals surface area contributed by atoms with Crippen LogP contribution in [0.4, 0.5) is 10.8 Å². The Bertz CT molecular complexity index is 1240. The van der Waals surface area contributed by atoms with Gasteiger partial charge in [0.1, 0.15) is 11.5 Å². The Morgan fingerprint density at radius 1 is 1.18 bits per heavy atom. The molecule has 3 aromatic rings. The minimum atomic E-state index is -3.73. The molecule has 0 bridgehead atoms. The highest BCUT2D eigenvalue weighted by atomic mass is 32.2. The molecular weight excluding hydrogens is 476 g/mol. The van der Waals surface area contributed by atoms with E-state index in [-0.39, 0.29) is 18.3 Å². The van der Waals surface area contributed by atoms with Gasteiger partial charge in [0, 0.05) is 31.8 Å². The second-order valence-electron chi connectivity index (χ2n) is 7.65. The van der Waals surface area contributed by atoms with E-state index in [0.717, 1.165) is 17.1 Å². The summed E-state index contributed by atoms with van der Waals surface area (Å²) in [6.07, 6.45) is 2.88. The topological polar surface area (TPSA) is 110 Å². The Labute approximate surface area is 204 Å². The Balaban J connectivity index is 0.00000342. The maximum atomic E-state index is 12.9. The molecule has 11 heteroatoms. The molecular formula is C23H28N4O5S2. The molecule has 2 aromatic carbocycles. The molecule has 1 aliphatic heterocycles. The highest BCUT2D eigenvalue weighted by molar-refractivity contribution is 7.93. The average Bonchev–Trinajstić information content (AvgIpc) is 3.48. The van der Waals surface area contributed by atoms with Crippen LogP contribution in [0.2, 0.25) is 0 Å². The second-order valence-corrected chi connectivity index (χ2v) is 10.2. The molecule has 1 saturated heterocycles. The maximum absolute atomic E-state index is 12.9. The van der Waals surface area contributed by atoms with Crippen LogP contribution in [0, 0.1) is 0 Å². The van der Waals surface area contributed by atoms with E-state index in [2.05, 4.69) is 15.0 Å². The molecule has 2 N–H and O–H groups in total. The standard InChI is InChI=1S/C23H26N4O5S2.H2/c1-31-18-5-8-21(32-2)16(15-18)9-11-24-20-10-13-27(22(20)28)17-3-6-19(7-4-17)34(29,30)26-23-25-12-14-33-23;/h3-8,12,14-15,20,24H,9-11,13H2,1-2H3,(H,25,26);1H. The predicted molar refractivity (Wildman–Crippen MR) is 133 cm³/mol. The number of hydrogen-bond acceptors (Lipinski definition) is 8. The third-order valence-electron chi connectivity index (χ3n) is 5.59.